The van der Waals surface area contributed by atoms with Crippen LogP contribution < -0.4 is 10.2 Å². The lowest BCUT2D eigenvalue weighted by Crippen LogP contribution is -2.36. The number of benzene rings is 3. The molecule has 3 aromatic carbocycles. The second-order valence-electron chi connectivity index (χ2n) is 8.45. The van der Waals surface area contributed by atoms with E-state index >= 15 is 0 Å². The zero-order valence-corrected chi connectivity index (χ0v) is 20.3. The van der Waals surface area contributed by atoms with Gasteiger partial charge in [-0.25, -0.2) is 4.68 Å². The number of nitrogens with one attached hydrogen (secondary N) is 1. The Hall–Kier alpha value is -3.82. The van der Waals surface area contributed by atoms with E-state index in [0.717, 1.165) is 29.5 Å². The highest BCUT2D eigenvalue weighted by Crippen LogP contribution is 2.34. The van der Waals surface area contributed by atoms with Crippen molar-refractivity contribution >= 4 is 28.9 Å². The predicted molar refractivity (Wildman–Crippen MR) is 139 cm³/mol. The van der Waals surface area contributed by atoms with Crippen LogP contribution >= 0.6 is 11.6 Å². The Morgan fingerprint density at radius 2 is 1.65 bits per heavy atom. The van der Waals surface area contributed by atoms with E-state index in [2.05, 4.69) is 15.3 Å². The molecule has 4 aromatic rings. The topological polar surface area (TPSA) is 59.4 Å². The Morgan fingerprint density at radius 1 is 0.973 bits per heavy atom. The molecule has 0 bridgehead atoms. The minimum Gasteiger partial charge on any atom is -0.378 e. The molecular formula is C27H24ClF3N4O2. The third-order valence-corrected chi connectivity index (χ3v) is 6.34. The van der Waals surface area contributed by atoms with Crippen LogP contribution in [0.15, 0.2) is 78.9 Å². The first-order chi connectivity index (χ1) is 17.8. The predicted octanol–water partition coefficient (Wildman–Crippen LogP) is 6.55. The van der Waals surface area contributed by atoms with Crippen molar-refractivity contribution < 1.29 is 24.1 Å². The standard InChI is InChI=1S/C27H22ClF3N4O2.H2/c28-22-3-1-2-4-23(22)35-24(17-25(33-35)27(29,30)31)18-5-7-19(8-6-18)26(36)32-20-9-11-21(12-10-20)34-13-15-37-16-14-34;/h1-12,17H,13-16H2,(H,32,36);1H. The molecule has 2 heterocycles. The number of anilines is 2. The van der Waals surface area contributed by atoms with Crippen molar-refractivity contribution in [1.82, 2.24) is 9.78 Å². The van der Waals surface area contributed by atoms with Crippen LogP contribution in [0.5, 0.6) is 0 Å². The summed E-state index contributed by atoms with van der Waals surface area (Å²) < 4.78 is 46.9. The lowest BCUT2D eigenvalue weighted by molar-refractivity contribution is -0.141. The average Bonchev–Trinajstić information content (AvgIpc) is 3.36. The van der Waals surface area contributed by atoms with Gasteiger partial charge in [0.05, 0.1) is 29.6 Å². The summed E-state index contributed by atoms with van der Waals surface area (Å²) in [5.41, 5.74) is 1.99. The molecule has 0 atom stereocenters. The minimum absolute atomic E-state index is 0. The number of carbonyl (C=O) groups is 1. The number of alkyl halides is 3. The molecule has 0 radical (unpaired) electrons. The third kappa shape index (κ3) is 5.47. The van der Waals surface area contributed by atoms with Crippen LogP contribution in [0.1, 0.15) is 17.5 Å². The lowest BCUT2D eigenvalue weighted by Gasteiger charge is -2.28. The van der Waals surface area contributed by atoms with Gasteiger partial charge < -0.3 is 15.0 Å². The summed E-state index contributed by atoms with van der Waals surface area (Å²) in [5.74, 6) is -0.332. The fourth-order valence-corrected chi connectivity index (χ4v) is 4.32. The van der Waals surface area contributed by atoms with Gasteiger partial charge in [-0.1, -0.05) is 35.9 Å². The number of hydrogen-bond acceptors (Lipinski definition) is 4. The number of halogens is 4. The van der Waals surface area contributed by atoms with Gasteiger partial charge in [-0.15, -0.1) is 0 Å². The highest BCUT2D eigenvalue weighted by molar-refractivity contribution is 6.32. The van der Waals surface area contributed by atoms with Crippen molar-refractivity contribution in [3.8, 4) is 16.9 Å². The Bertz CT molecular complexity index is 1400. The fourth-order valence-electron chi connectivity index (χ4n) is 4.11. The Balaban J connectivity index is 0.00000336. The van der Waals surface area contributed by atoms with Crippen molar-refractivity contribution in [3.05, 3.63) is 95.1 Å². The molecule has 1 fully saturated rings. The number of aromatic nitrogens is 2. The number of ether oxygens (including phenoxy) is 1. The largest absolute Gasteiger partial charge is 0.435 e. The maximum Gasteiger partial charge on any atom is 0.435 e. The number of carbonyl (C=O) groups excluding carboxylic acids is 1. The molecule has 0 spiro atoms. The van der Waals surface area contributed by atoms with Gasteiger partial charge in [0.15, 0.2) is 5.69 Å². The maximum atomic E-state index is 13.5. The summed E-state index contributed by atoms with van der Waals surface area (Å²) in [6.07, 6.45) is -4.63. The van der Waals surface area contributed by atoms with Crippen molar-refractivity contribution in [2.24, 2.45) is 0 Å². The summed E-state index contributed by atoms with van der Waals surface area (Å²) in [6.45, 7) is 3.01. The summed E-state index contributed by atoms with van der Waals surface area (Å²) in [7, 11) is 0. The SMILES string of the molecule is O=C(Nc1ccc(N2CCOCC2)cc1)c1ccc(-c2cc(C(F)(F)F)nn2-c2ccccc2Cl)cc1.[HH]. The molecule has 6 nitrogen and oxygen atoms in total. The van der Waals surface area contributed by atoms with Gasteiger partial charge >= 0.3 is 6.18 Å². The van der Waals surface area contributed by atoms with Gasteiger partial charge in [-0.05, 0) is 54.6 Å². The van der Waals surface area contributed by atoms with E-state index in [9.17, 15) is 18.0 Å². The molecular weight excluding hydrogens is 505 g/mol. The average molecular weight is 529 g/mol. The van der Waals surface area contributed by atoms with Gasteiger partial charge in [-0.3, -0.25) is 4.79 Å². The van der Waals surface area contributed by atoms with Gasteiger partial charge in [0.2, 0.25) is 0 Å². The minimum atomic E-state index is -4.63. The summed E-state index contributed by atoms with van der Waals surface area (Å²) in [6, 6.07) is 21.3. The zero-order chi connectivity index (χ0) is 26.0. The first kappa shape index (κ1) is 24.9. The van der Waals surface area contributed by atoms with E-state index in [1.54, 1.807) is 48.5 Å². The first-order valence-electron chi connectivity index (χ1n) is 11.6. The molecule has 5 rings (SSSR count). The second kappa shape index (κ2) is 10.3. The smallest absolute Gasteiger partial charge is 0.378 e. The van der Waals surface area contributed by atoms with E-state index in [1.807, 2.05) is 24.3 Å². The summed E-state index contributed by atoms with van der Waals surface area (Å²) >= 11 is 6.24. The quantitative estimate of drug-likeness (QED) is 0.319. The van der Waals surface area contributed by atoms with Crippen molar-refractivity contribution in [1.29, 1.82) is 0 Å². The van der Waals surface area contributed by atoms with E-state index in [1.165, 1.54) is 0 Å². The maximum absolute atomic E-state index is 13.5. The number of rotatable bonds is 5. The number of amides is 1. The molecule has 1 aliphatic rings. The molecule has 1 aromatic heterocycles. The zero-order valence-electron chi connectivity index (χ0n) is 19.5. The second-order valence-corrected chi connectivity index (χ2v) is 8.86. The molecule has 1 N–H and O–H groups in total. The summed E-state index contributed by atoms with van der Waals surface area (Å²) in [4.78, 5) is 15.0. The van der Waals surface area contributed by atoms with Crippen LogP contribution in [-0.4, -0.2) is 42.0 Å². The molecule has 37 heavy (non-hydrogen) atoms. The monoisotopic (exact) mass is 528 g/mol. The number of nitrogens with zero attached hydrogens (tertiary/aromatic N) is 3. The highest BCUT2D eigenvalue weighted by atomic mass is 35.5. The first-order valence-corrected chi connectivity index (χ1v) is 11.9. The molecule has 192 valence electrons. The number of hydrogen-bond donors (Lipinski definition) is 1. The molecule has 10 heteroatoms. The van der Waals surface area contributed by atoms with Crippen molar-refractivity contribution in [2.45, 2.75) is 6.18 Å². The summed E-state index contributed by atoms with van der Waals surface area (Å²) in [5, 5.41) is 6.87. The van der Waals surface area contributed by atoms with Crippen LogP contribution in [0, 0.1) is 0 Å². The van der Waals surface area contributed by atoms with Crippen LogP contribution in [0.3, 0.4) is 0 Å². The Kier molecular flexibility index (Phi) is 6.90. The number of para-hydroxylation sites is 1. The number of morpholine rings is 1. The van der Waals surface area contributed by atoms with Crippen molar-refractivity contribution in [3.63, 3.8) is 0 Å². The van der Waals surface area contributed by atoms with Crippen LogP contribution in [-0.2, 0) is 10.9 Å². The van der Waals surface area contributed by atoms with E-state index in [0.29, 0.717) is 35.7 Å². The fraction of sp³-hybridized carbons (Fsp3) is 0.185. The van der Waals surface area contributed by atoms with Crippen LogP contribution in [0.4, 0.5) is 24.5 Å². The molecule has 1 aliphatic heterocycles. The Labute approximate surface area is 217 Å². The van der Waals surface area contributed by atoms with Gasteiger partial charge in [0, 0.05) is 37.0 Å². The molecule has 0 aliphatic carbocycles. The van der Waals surface area contributed by atoms with E-state index < -0.39 is 11.9 Å². The highest BCUT2D eigenvalue weighted by Gasteiger charge is 2.35. The molecule has 0 saturated carbocycles. The third-order valence-electron chi connectivity index (χ3n) is 6.02. The Morgan fingerprint density at radius 3 is 2.30 bits per heavy atom. The van der Waals surface area contributed by atoms with Gasteiger partial charge in [0.25, 0.3) is 5.91 Å². The molecule has 1 saturated heterocycles. The molecule has 0 unspecified atom stereocenters. The van der Waals surface area contributed by atoms with Crippen molar-refractivity contribution in [2.75, 3.05) is 36.5 Å². The lowest BCUT2D eigenvalue weighted by atomic mass is 10.1. The van der Waals surface area contributed by atoms with Gasteiger partial charge in [0.1, 0.15) is 0 Å². The van der Waals surface area contributed by atoms with Crippen LogP contribution in [0.2, 0.25) is 5.02 Å². The van der Waals surface area contributed by atoms with Gasteiger partial charge in [-0.2, -0.15) is 18.3 Å². The molecule has 1 amide bonds. The van der Waals surface area contributed by atoms with Crippen LogP contribution in [0.25, 0.3) is 16.9 Å². The van der Waals surface area contributed by atoms with E-state index in [4.69, 9.17) is 16.3 Å². The van der Waals surface area contributed by atoms with E-state index in [-0.39, 0.29) is 18.1 Å². The normalized spacial score (nSPS) is 14.0.